The fourth-order valence-electron chi connectivity index (χ4n) is 0.973. The first-order valence-electron chi connectivity index (χ1n) is 4.68. The van der Waals surface area contributed by atoms with Gasteiger partial charge in [0.2, 0.25) is 5.91 Å². The Morgan fingerprint density at radius 2 is 2.25 bits per heavy atom. The highest BCUT2D eigenvalue weighted by atomic mass is 16.5. The minimum absolute atomic E-state index is 0.203. The zero-order valence-corrected chi connectivity index (χ0v) is 8.93. The molecule has 0 radical (unpaired) electrons. The summed E-state index contributed by atoms with van der Waals surface area (Å²) in [5.41, 5.74) is 3.18. The van der Waals surface area contributed by atoms with Gasteiger partial charge in [0.05, 0.1) is 6.21 Å². The van der Waals surface area contributed by atoms with Gasteiger partial charge in [-0.2, -0.15) is 5.10 Å². The molecule has 82 valence electrons. The second-order valence-electron chi connectivity index (χ2n) is 2.99. The minimum Gasteiger partial charge on any atom is -0.481 e. The van der Waals surface area contributed by atoms with Crippen molar-refractivity contribution < 1.29 is 9.53 Å². The summed E-state index contributed by atoms with van der Waals surface area (Å²) in [4.78, 5) is 10.5. The van der Waals surface area contributed by atoms with Gasteiger partial charge >= 0.3 is 0 Å². The molecule has 0 bridgehead atoms. The highest BCUT2D eigenvalue weighted by molar-refractivity contribution is 5.81. The molecule has 0 aromatic heterocycles. The number of carbonyl (C=O) groups is 1. The fourth-order valence-corrected chi connectivity index (χ4v) is 0.973. The molecule has 0 aliphatic heterocycles. The normalized spacial score (nSPS) is 9.75. The quantitative estimate of drug-likeness (QED) is 0.466. The molecule has 4 nitrogen and oxygen atoms in total. The van der Waals surface area contributed by atoms with Gasteiger partial charge in [-0.05, 0) is 29.8 Å². The molecule has 1 aromatic carbocycles. The van der Waals surface area contributed by atoms with Crippen molar-refractivity contribution in [3.63, 3.8) is 0 Å². The highest BCUT2D eigenvalue weighted by Gasteiger charge is 1.92. The van der Waals surface area contributed by atoms with Gasteiger partial charge in [0.25, 0.3) is 0 Å². The molecule has 0 saturated carbocycles. The molecule has 0 atom stereocenters. The number of nitrogens with zero attached hydrogens (tertiary/aromatic N) is 1. The largest absolute Gasteiger partial charge is 0.481 e. The van der Waals surface area contributed by atoms with Crippen molar-refractivity contribution in [3.8, 4) is 18.1 Å². The zero-order valence-electron chi connectivity index (χ0n) is 8.93. The third-order valence-electron chi connectivity index (χ3n) is 1.64. The van der Waals surface area contributed by atoms with Crippen molar-refractivity contribution >= 4 is 12.1 Å². The average Bonchev–Trinajstić information content (AvgIpc) is 2.27. The lowest BCUT2D eigenvalue weighted by molar-refractivity contribution is -0.118. The summed E-state index contributed by atoms with van der Waals surface area (Å²) >= 11 is 0. The Kier molecular flexibility index (Phi) is 4.61. The van der Waals surface area contributed by atoms with Crippen LogP contribution in [0, 0.1) is 12.3 Å². The highest BCUT2D eigenvalue weighted by Crippen LogP contribution is 2.10. The third-order valence-corrected chi connectivity index (χ3v) is 1.64. The van der Waals surface area contributed by atoms with Crippen molar-refractivity contribution in [1.29, 1.82) is 0 Å². The third kappa shape index (κ3) is 4.29. The van der Waals surface area contributed by atoms with Crippen LogP contribution in [0.5, 0.6) is 5.75 Å². The molecule has 0 aliphatic rings. The van der Waals surface area contributed by atoms with E-state index < -0.39 is 0 Å². The predicted molar refractivity (Wildman–Crippen MR) is 62.2 cm³/mol. The summed E-state index contributed by atoms with van der Waals surface area (Å²) in [6, 6.07) is 7.20. The Morgan fingerprint density at radius 1 is 1.56 bits per heavy atom. The first-order valence-corrected chi connectivity index (χ1v) is 4.68. The maximum Gasteiger partial charge on any atom is 0.236 e. The van der Waals surface area contributed by atoms with E-state index in [0.29, 0.717) is 5.75 Å². The van der Waals surface area contributed by atoms with Crippen LogP contribution in [0.25, 0.3) is 0 Å². The van der Waals surface area contributed by atoms with Gasteiger partial charge in [-0.3, -0.25) is 4.79 Å². The number of amides is 1. The van der Waals surface area contributed by atoms with Crippen LogP contribution in [0.1, 0.15) is 12.5 Å². The summed E-state index contributed by atoms with van der Waals surface area (Å²) in [7, 11) is 0. The second kappa shape index (κ2) is 6.25. The van der Waals surface area contributed by atoms with E-state index in [9.17, 15) is 4.79 Å². The number of terminal acetylenes is 1. The maximum absolute atomic E-state index is 10.5. The summed E-state index contributed by atoms with van der Waals surface area (Å²) in [5.74, 6) is 2.88. The van der Waals surface area contributed by atoms with Crippen molar-refractivity contribution in [2.45, 2.75) is 6.92 Å². The Labute approximate surface area is 94.3 Å². The number of hydrogen-bond donors (Lipinski definition) is 1. The molecule has 1 rings (SSSR count). The van der Waals surface area contributed by atoms with Crippen LogP contribution in [0.2, 0.25) is 0 Å². The van der Waals surface area contributed by atoms with Crippen LogP contribution in [0.4, 0.5) is 0 Å². The van der Waals surface area contributed by atoms with Gasteiger partial charge < -0.3 is 4.74 Å². The average molecular weight is 216 g/mol. The standard InChI is InChI=1S/C12H12N2O2/c1-3-8-16-12-6-4-11(5-7-12)9-13-14-10(2)15/h1,4-7,9H,8H2,2H3,(H,14,15)/b13-9+. The van der Waals surface area contributed by atoms with Crippen LogP contribution in [-0.4, -0.2) is 18.7 Å². The number of carbonyl (C=O) groups excluding carboxylic acids is 1. The minimum atomic E-state index is -0.203. The first-order chi connectivity index (χ1) is 7.72. The smallest absolute Gasteiger partial charge is 0.236 e. The van der Waals surface area contributed by atoms with E-state index >= 15 is 0 Å². The number of ether oxygens (including phenoxy) is 1. The van der Waals surface area contributed by atoms with Gasteiger partial charge in [-0.1, -0.05) is 5.92 Å². The molecular weight excluding hydrogens is 204 g/mol. The molecular formula is C12H12N2O2. The van der Waals surface area contributed by atoms with Gasteiger partial charge in [0.1, 0.15) is 12.4 Å². The predicted octanol–water partition coefficient (Wildman–Crippen LogP) is 1.17. The van der Waals surface area contributed by atoms with Crippen molar-refractivity contribution in [2.75, 3.05) is 6.61 Å². The van der Waals surface area contributed by atoms with Crippen molar-refractivity contribution in [3.05, 3.63) is 29.8 Å². The maximum atomic E-state index is 10.5. The molecule has 0 saturated heterocycles. The van der Waals surface area contributed by atoms with E-state index in [1.807, 2.05) is 12.1 Å². The Bertz CT molecular complexity index is 416. The number of rotatable bonds is 4. The lowest BCUT2D eigenvalue weighted by Crippen LogP contribution is -2.12. The zero-order chi connectivity index (χ0) is 11.8. The second-order valence-corrected chi connectivity index (χ2v) is 2.99. The monoisotopic (exact) mass is 216 g/mol. The number of hydrogen-bond acceptors (Lipinski definition) is 3. The molecule has 1 aromatic rings. The fraction of sp³-hybridized carbons (Fsp3) is 0.167. The van der Waals surface area contributed by atoms with E-state index in [1.54, 1.807) is 18.3 Å². The Morgan fingerprint density at radius 3 is 2.81 bits per heavy atom. The molecule has 0 unspecified atom stereocenters. The van der Waals surface area contributed by atoms with Gasteiger partial charge in [0.15, 0.2) is 0 Å². The first kappa shape index (κ1) is 11.8. The summed E-state index contributed by atoms with van der Waals surface area (Å²) in [6.45, 7) is 1.65. The van der Waals surface area contributed by atoms with Gasteiger partial charge in [0, 0.05) is 6.92 Å². The Hall–Kier alpha value is -2.28. The molecule has 1 N–H and O–H groups in total. The molecule has 0 heterocycles. The summed E-state index contributed by atoms with van der Waals surface area (Å²) in [5, 5.41) is 3.74. The van der Waals surface area contributed by atoms with E-state index in [4.69, 9.17) is 11.2 Å². The summed E-state index contributed by atoms with van der Waals surface area (Å²) in [6.07, 6.45) is 6.61. The molecule has 16 heavy (non-hydrogen) atoms. The molecule has 4 heteroatoms. The molecule has 1 amide bonds. The summed E-state index contributed by atoms with van der Waals surface area (Å²) < 4.78 is 5.20. The van der Waals surface area contributed by atoms with Crippen molar-refractivity contribution in [2.24, 2.45) is 5.10 Å². The lowest BCUT2D eigenvalue weighted by atomic mass is 10.2. The van der Waals surface area contributed by atoms with Gasteiger partial charge in [-0.25, -0.2) is 5.43 Å². The van der Waals surface area contributed by atoms with E-state index in [1.165, 1.54) is 6.92 Å². The van der Waals surface area contributed by atoms with Crippen molar-refractivity contribution in [1.82, 2.24) is 5.43 Å². The number of nitrogens with one attached hydrogen (secondary N) is 1. The van der Waals surface area contributed by atoms with Crippen LogP contribution in [0.15, 0.2) is 29.4 Å². The van der Waals surface area contributed by atoms with Crippen LogP contribution in [-0.2, 0) is 4.79 Å². The number of hydrazone groups is 1. The van der Waals surface area contributed by atoms with Gasteiger partial charge in [-0.15, -0.1) is 6.42 Å². The topological polar surface area (TPSA) is 50.7 Å². The molecule has 0 spiro atoms. The van der Waals surface area contributed by atoms with Crippen LogP contribution < -0.4 is 10.2 Å². The van der Waals surface area contributed by atoms with E-state index in [0.717, 1.165) is 5.56 Å². The molecule has 0 fully saturated rings. The SMILES string of the molecule is C#CCOc1ccc(/C=N/NC(C)=O)cc1. The van der Waals surface area contributed by atoms with E-state index in [2.05, 4.69) is 16.4 Å². The molecule has 0 aliphatic carbocycles. The van der Waals surface area contributed by atoms with Crippen LogP contribution in [0.3, 0.4) is 0 Å². The number of benzene rings is 1. The van der Waals surface area contributed by atoms with Crippen LogP contribution >= 0.6 is 0 Å². The Balaban J connectivity index is 2.54. The van der Waals surface area contributed by atoms with E-state index in [-0.39, 0.29) is 12.5 Å². The lowest BCUT2D eigenvalue weighted by Gasteiger charge is -2.01.